The van der Waals surface area contributed by atoms with E-state index in [2.05, 4.69) is 5.32 Å². The van der Waals surface area contributed by atoms with Gasteiger partial charge >= 0.3 is 5.69 Å². The van der Waals surface area contributed by atoms with Gasteiger partial charge in [0, 0.05) is 16.8 Å². The number of imide groups is 1. The number of nitro benzene ring substituents is 2. The first-order valence-corrected chi connectivity index (χ1v) is 12.9. The van der Waals surface area contributed by atoms with E-state index in [1.54, 1.807) is 31.2 Å². The maximum Gasteiger partial charge on any atom is 0.318 e. The summed E-state index contributed by atoms with van der Waals surface area (Å²) < 4.78 is 11.3. The van der Waals surface area contributed by atoms with Gasteiger partial charge in [-0.1, -0.05) is 17.7 Å². The van der Waals surface area contributed by atoms with Crippen LogP contribution in [0.25, 0.3) is 6.08 Å². The fourth-order valence-electron chi connectivity index (χ4n) is 3.60. The van der Waals surface area contributed by atoms with E-state index in [0.29, 0.717) is 28.0 Å². The number of benzene rings is 3. The standard InChI is InChI=1S/C26H19ClN4O9S/c1-2-39-22-11-15(3-9-21(22)40-20-10-8-18(30(35)36)13-19(20)31(37)38)12-23-25(33)29(26(34)41-23)14-24(32)28-17-6-4-16(27)5-7-17/h3-13H,2,14H2,1H3,(H,28,32)/b23-12+. The SMILES string of the molecule is CCOc1cc(/C=C2/SC(=O)N(CC(=O)Nc3ccc(Cl)cc3)C2=O)ccc1Oc1ccc([N+](=O)[O-])cc1[N+](=O)[O-]. The molecule has 13 nitrogen and oxygen atoms in total. The number of halogens is 1. The quantitative estimate of drug-likeness (QED) is 0.165. The van der Waals surface area contributed by atoms with Crippen molar-refractivity contribution >= 4 is 63.6 Å². The van der Waals surface area contributed by atoms with E-state index < -0.39 is 44.8 Å². The third-order valence-electron chi connectivity index (χ3n) is 5.44. The summed E-state index contributed by atoms with van der Waals surface area (Å²) in [6.07, 6.45) is 1.43. The molecule has 0 aromatic heterocycles. The highest BCUT2D eigenvalue weighted by molar-refractivity contribution is 8.18. The highest BCUT2D eigenvalue weighted by Gasteiger charge is 2.36. The van der Waals surface area contributed by atoms with E-state index >= 15 is 0 Å². The Morgan fingerprint density at radius 2 is 1.71 bits per heavy atom. The maximum atomic E-state index is 12.9. The molecular formula is C26H19ClN4O9S. The molecule has 1 N–H and O–H groups in total. The van der Waals surface area contributed by atoms with E-state index in [4.69, 9.17) is 21.1 Å². The Labute approximate surface area is 241 Å². The number of carbonyl (C=O) groups excluding carboxylic acids is 3. The number of thioether (sulfide) groups is 1. The van der Waals surface area contributed by atoms with Crippen LogP contribution < -0.4 is 14.8 Å². The van der Waals surface area contributed by atoms with Crippen molar-refractivity contribution in [2.45, 2.75) is 6.92 Å². The first kappa shape index (κ1) is 29.0. The minimum absolute atomic E-state index is 0.0661. The van der Waals surface area contributed by atoms with Gasteiger partial charge in [-0.25, -0.2) is 0 Å². The van der Waals surface area contributed by atoms with Gasteiger partial charge in [0.25, 0.3) is 16.8 Å². The zero-order chi connectivity index (χ0) is 29.7. The van der Waals surface area contributed by atoms with E-state index in [0.717, 1.165) is 23.1 Å². The van der Waals surface area contributed by atoms with Crippen molar-refractivity contribution in [1.29, 1.82) is 0 Å². The van der Waals surface area contributed by atoms with Crippen molar-refractivity contribution in [2.24, 2.45) is 0 Å². The summed E-state index contributed by atoms with van der Waals surface area (Å²) in [6.45, 7) is 1.41. The fraction of sp³-hybridized carbons (Fsp3) is 0.115. The topological polar surface area (TPSA) is 171 Å². The molecule has 0 radical (unpaired) electrons. The van der Waals surface area contributed by atoms with Crippen molar-refractivity contribution in [3.8, 4) is 17.2 Å². The number of nitrogens with zero attached hydrogens (tertiary/aromatic N) is 3. The largest absolute Gasteiger partial charge is 0.490 e. The van der Waals surface area contributed by atoms with E-state index in [9.17, 15) is 34.6 Å². The molecule has 1 heterocycles. The lowest BCUT2D eigenvalue weighted by atomic mass is 10.1. The number of rotatable bonds is 10. The van der Waals surface area contributed by atoms with Crippen LogP contribution in [-0.4, -0.2) is 45.0 Å². The monoisotopic (exact) mass is 598 g/mol. The van der Waals surface area contributed by atoms with Gasteiger partial charge < -0.3 is 14.8 Å². The van der Waals surface area contributed by atoms with Gasteiger partial charge in [0.05, 0.1) is 27.4 Å². The molecule has 1 saturated heterocycles. The number of anilines is 1. The molecule has 0 bridgehead atoms. The summed E-state index contributed by atoms with van der Waals surface area (Å²) in [5.41, 5.74) is -0.192. The fourth-order valence-corrected chi connectivity index (χ4v) is 4.56. The van der Waals surface area contributed by atoms with Crippen molar-refractivity contribution in [3.05, 3.63) is 96.4 Å². The number of hydrogen-bond donors (Lipinski definition) is 1. The van der Waals surface area contributed by atoms with E-state index in [1.807, 2.05) is 0 Å². The van der Waals surface area contributed by atoms with Crippen molar-refractivity contribution < 1.29 is 33.7 Å². The number of carbonyl (C=O) groups is 3. The lowest BCUT2D eigenvalue weighted by Crippen LogP contribution is -2.36. The van der Waals surface area contributed by atoms with Crippen LogP contribution in [0.3, 0.4) is 0 Å². The summed E-state index contributed by atoms with van der Waals surface area (Å²) in [5, 5.41) is 24.9. The highest BCUT2D eigenvalue weighted by Crippen LogP contribution is 2.39. The first-order valence-electron chi connectivity index (χ1n) is 11.7. The molecule has 0 saturated carbocycles. The molecule has 41 heavy (non-hydrogen) atoms. The van der Waals surface area contributed by atoms with Crippen LogP contribution in [0.5, 0.6) is 17.2 Å². The second-order valence-corrected chi connectivity index (χ2v) is 9.66. The molecule has 0 aliphatic carbocycles. The minimum atomic E-state index is -0.803. The number of non-ortho nitro benzene ring substituents is 1. The summed E-state index contributed by atoms with van der Waals surface area (Å²) >= 11 is 6.49. The number of hydrogen-bond acceptors (Lipinski definition) is 10. The van der Waals surface area contributed by atoms with Crippen molar-refractivity contribution in [3.63, 3.8) is 0 Å². The van der Waals surface area contributed by atoms with Gasteiger partial charge in [0.15, 0.2) is 11.5 Å². The lowest BCUT2D eigenvalue weighted by molar-refractivity contribution is -0.394. The van der Waals surface area contributed by atoms with Gasteiger partial charge in [-0.15, -0.1) is 0 Å². The smallest absolute Gasteiger partial charge is 0.318 e. The molecule has 3 aromatic carbocycles. The molecule has 3 amide bonds. The van der Waals surface area contributed by atoms with Crippen LogP contribution in [0.15, 0.2) is 65.6 Å². The summed E-state index contributed by atoms with van der Waals surface area (Å²) in [4.78, 5) is 59.6. The van der Waals surface area contributed by atoms with Gasteiger partial charge in [0.1, 0.15) is 6.54 Å². The average molecular weight is 599 g/mol. The summed E-state index contributed by atoms with van der Waals surface area (Å²) in [6, 6.07) is 13.8. The Hall–Kier alpha value is -4.95. The van der Waals surface area contributed by atoms with Crippen molar-refractivity contribution in [1.82, 2.24) is 4.90 Å². The minimum Gasteiger partial charge on any atom is -0.490 e. The van der Waals surface area contributed by atoms with Crippen LogP contribution in [0, 0.1) is 20.2 Å². The number of ether oxygens (including phenoxy) is 2. The van der Waals surface area contributed by atoms with Crippen LogP contribution >= 0.6 is 23.4 Å². The second kappa shape index (κ2) is 12.5. The average Bonchev–Trinajstić information content (AvgIpc) is 3.18. The molecule has 0 unspecified atom stereocenters. The molecule has 1 aliphatic heterocycles. The Bertz CT molecular complexity index is 1590. The molecule has 1 fully saturated rings. The van der Waals surface area contributed by atoms with Crippen LogP contribution in [-0.2, 0) is 9.59 Å². The number of nitrogens with one attached hydrogen (secondary N) is 1. The lowest BCUT2D eigenvalue weighted by Gasteiger charge is -2.13. The maximum absolute atomic E-state index is 12.9. The molecule has 210 valence electrons. The third kappa shape index (κ3) is 6.98. The number of nitro groups is 2. The predicted octanol–water partition coefficient (Wildman–Crippen LogP) is 6.02. The summed E-state index contributed by atoms with van der Waals surface area (Å²) in [7, 11) is 0. The Kier molecular flexibility index (Phi) is 8.84. The number of amides is 3. The molecule has 0 spiro atoms. The predicted molar refractivity (Wildman–Crippen MR) is 150 cm³/mol. The van der Waals surface area contributed by atoms with E-state index in [1.165, 1.54) is 24.3 Å². The molecule has 1 aliphatic rings. The summed E-state index contributed by atoms with van der Waals surface area (Å²) in [5.74, 6) is -1.24. The van der Waals surface area contributed by atoms with Gasteiger partial charge in [-0.2, -0.15) is 0 Å². The van der Waals surface area contributed by atoms with Gasteiger partial charge in [-0.05, 0) is 72.8 Å². The van der Waals surface area contributed by atoms with Gasteiger partial charge in [-0.3, -0.25) is 39.5 Å². The van der Waals surface area contributed by atoms with Crippen LogP contribution in [0.2, 0.25) is 5.02 Å². The molecule has 15 heteroatoms. The highest BCUT2D eigenvalue weighted by atomic mass is 35.5. The Balaban J connectivity index is 1.53. The molecule has 0 atom stereocenters. The van der Waals surface area contributed by atoms with Crippen molar-refractivity contribution in [2.75, 3.05) is 18.5 Å². The second-order valence-electron chi connectivity index (χ2n) is 8.23. The normalized spacial score (nSPS) is 13.8. The Morgan fingerprint density at radius 3 is 2.37 bits per heavy atom. The first-order chi connectivity index (χ1) is 19.5. The van der Waals surface area contributed by atoms with Crippen LogP contribution in [0.1, 0.15) is 12.5 Å². The van der Waals surface area contributed by atoms with E-state index in [-0.39, 0.29) is 28.8 Å². The molecule has 4 rings (SSSR count). The Morgan fingerprint density at radius 1 is 1.00 bits per heavy atom. The zero-order valence-electron chi connectivity index (χ0n) is 21.1. The van der Waals surface area contributed by atoms with Gasteiger partial charge in [0.2, 0.25) is 11.7 Å². The molecule has 3 aromatic rings. The van der Waals surface area contributed by atoms with Crippen LogP contribution in [0.4, 0.5) is 21.9 Å². The molecular weight excluding hydrogens is 580 g/mol. The third-order valence-corrected chi connectivity index (χ3v) is 6.60. The zero-order valence-corrected chi connectivity index (χ0v) is 22.6.